The lowest BCUT2D eigenvalue weighted by Gasteiger charge is -2.29. The van der Waals surface area contributed by atoms with Crippen LogP contribution in [0.25, 0.3) is 0 Å². The highest BCUT2D eigenvalue weighted by atomic mass is 32.2. The Kier molecular flexibility index (Phi) is 9.28. The van der Waals surface area contributed by atoms with Crippen molar-refractivity contribution < 1.29 is 22.7 Å². The Balaban J connectivity index is 2.14. The SMILES string of the molecule is CNC(=O)[C@@H](C)N(Cc1ccc(OC)cc1)C(=O)CCCN(c1cccc(C)c1)S(C)(=O)=O. The maximum atomic E-state index is 13.1. The van der Waals surface area contributed by atoms with Crippen LogP contribution in [0.3, 0.4) is 0 Å². The van der Waals surface area contributed by atoms with Crippen molar-refractivity contribution in [3.63, 3.8) is 0 Å². The van der Waals surface area contributed by atoms with E-state index in [0.717, 1.165) is 17.4 Å². The first-order valence-electron chi connectivity index (χ1n) is 10.7. The van der Waals surface area contributed by atoms with Crippen molar-refractivity contribution in [1.82, 2.24) is 10.2 Å². The van der Waals surface area contributed by atoms with Crippen LogP contribution >= 0.6 is 0 Å². The zero-order valence-corrected chi connectivity index (χ0v) is 20.7. The summed E-state index contributed by atoms with van der Waals surface area (Å²) in [6, 6.07) is 13.8. The Morgan fingerprint density at radius 2 is 1.79 bits per heavy atom. The van der Waals surface area contributed by atoms with E-state index < -0.39 is 16.1 Å². The van der Waals surface area contributed by atoms with Crippen molar-refractivity contribution in [3.8, 4) is 5.75 Å². The van der Waals surface area contributed by atoms with Gasteiger partial charge in [0.05, 0.1) is 19.1 Å². The average molecular weight is 476 g/mol. The van der Waals surface area contributed by atoms with E-state index in [1.54, 1.807) is 44.4 Å². The first-order chi connectivity index (χ1) is 15.6. The van der Waals surface area contributed by atoms with Gasteiger partial charge in [-0.25, -0.2) is 8.42 Å². The van der Waals surface area contributed by atoms with Crippen LogP contribution in [-0.4, -0.2) is 58.1 Å². The van der Waals surface area contributed by atoms with E-state index in [1.165, 1.54) is 16.3 Å². The fourth-order valence-electron chi connectivity index (χ4n) is 3.51. The topological polar surface area (TPSA) is 96.0 Å². The number of hydrogen-bond donors (Lipinski definition) is 1. The van der Waals surface area contributed by atoms with E-state index in [-0.39, 0.29) is 31.3 Å². The summed E-state index contributed by atoms with van der Waals surface area (Å²) in [7, 11) is -0.402. The number of hydrogen-bond acceptors (Lipinski definition) is 5. The summed E-state index contributed by atoms with van der Waals surface area (Å²) in [6.45, 7) is 3.99. The van der Waals surface area contributed by atoms with Crippen molar-refractivity contribution >= 4 is 27.5 Å². The van der Waals surface area contributed by atoms with Gasteiger partial charge in [0.1, 0.15) is 11.8 Å². The molecule has 2 aromatic carbocycles. The molecule has 0 saturated carbocycles. The number of carbonyl (C=O) groups is 2. The number of nitrogens with one attached hydrogen (secondary N) is 1. The molecule has 8 nitrogen and oxygen atoms in total. The van der Waals surface area contributed by atoms with Crippen LogP contribution in [0.15, 0.2) is 48.5 Å². The Hall–Kier alpha value is -3.07. The molecule has 0 spiro atoms. The van der Waals surface area contributed by atoms with Crippen LogP contribution < -0.4 is 14.4 Å². The molecule has 33 heavy (non-hydrogen) atoms. The number of carbonyl (C=O) groups excluding carboxylic acids is 2. The van der Waals surface area contributed by atoms with Crippen LogP contribution in [0.4, 0.5) is 5.69 Å². The second-order valence-electron chi connectivity index (χ2n) is 7.94. The predicted molar refractivity (Wildman–Crippen MR) is 130 cm³/mol. The second kappa shape index (κ2) is 11.7. The van der Waals surface area contributed by atoms with E-state index in [2.05, 4.69) is 5.32 Å². The van der Waals surface area contributed by atoms with Gasteiger partial charge in [-0.1, -0.05) is 24.3 Å². The molecule has 0 fully saturated rings. The molecule has 2 amide bonds. The highest BCUT2D eigenvalue weighted by molar-refractivity contribution is 7.92. The van der Waals surface area contributed by atoms with E-state index in [4.69, 9.17) is 4.74 Å². The number of rotatable bonds is 11. The summed E-state index contributed by atoms with van der Waals surface area (Å²) in [4.78, 5) is 26.9. The van der Waals surface area contributed by atoms with E-state index in [9.17, 15) is 18.0 Å². The van der Waals surface area contributed by atoms with Gasteiger partial charge in [-0.05, 0) is 55.7 Å². The molecule has 0 heterocycles. The molecule has 0 aliphatic carbocycles. The van der Waals surface area contributed by atoms with E-state index in [1.807, 2.05) is 25.1 Å². The van der Waals surface area contributed by atoms with Gasteiger partial charge in [-0.3, -0.25) is 13.9 Å². The standard InChI is InChI=1S/C24H33N3O5S/c1-18-8-6-9-21(16-18)27(33(5,30)31)15-7-10-23(28)26(19(2)24(29)25-3)17-20-11-13-22(32-4)14-12-20/h6,8-9,11-14,16,19H,7,10,15,17H2,1-5H3,(H,25,29)/t19-/m1/s1. The molecule has 0 unspecified atom stereocenters. The Morgan fingerprint density at radius 1 is 1.12 bits per heavy atom. The van der Waals surface area contributed by atoms with Gasteiger partial charge in [0.25, 0.3) is 0 Å². The Morgan fingerprint density at radius 3 is 2.33 bits per heavy atom. The van der Waals surface area contributed by atoms with Crippen LogP contribution in [0.1, 0.15) is 30.9 Å². The number of likely N-dealkylation sites (N-methyl/N-ethyl adjacent to an activating group) is 1. The molecule has 0 aliphatic heterocycles. The fraction of sp³-hybridized carbons (Fsp3) is 0.417. The van der Waals surface area contributed by atoms with Crippen molar-refractivity contribution in [3.05, 3.63) is 59.7 Å². The summed E-state index contributed by atoms with van der Waals surface area (Å²) < 4.78 is 31.2. The molecule has 180 valence electrons. The van der Waals surface area contributed by atoms with Crippen molar-refractivity contribution in [1.29, 1.82) is 0 Å². The number of benzene rings is 2. The van der Waals surface area contributed by atoms with E-state index in [0.29, 0.717) is 17.9 Å². The zero-order valence-electron chi connectivity index (χ0n) is 19.9. The molecule has 0 bridgehead atoms. The summed E-state index contributed by atoms with van der Waals surface area (Å²) in [6.07, 6.45) is 1.58. The fourth-order valence-corrected chi connectivity index (χ4v) is 4.46. The Bertz CT molecular complexity index is 1050. The molecule has 1 atom stereocenters. The molecule has 2 rings (SSSR count). The highest BCUT2D eigenvalue weighted by Crippen LogP contribution is 2.20. The molecule has 2 aromatic rings. The number of aryl methyl sites for hydroxylation is 1. The normalized spacial score (nSPS) is 12.0. The molecule has 1 N–H and O–H groups in total. The number of sulfonamides is 1. The Labute approximate surface area is 196 Å². The monoisotopic (exact) mass is 475 g/mol. The maximum Gasteiger partial charge on any atom is 0.242 e. The summed E-state index contributed by atoms with van der Waals surface area (Å²) >= 11 is 0. The predicted octanol–water partition coefficient (Wildman–Crippen LogP) is 2.71. The van der Waals surface area contributed by atoms with Gasteiger partial charge in [0.2, 0.25) is 21.8 Å². The molecular weight excluding hydrogens is 442 g/mol. The summed E-state index contributed by atoms with van der Waals surface area (Å²) in [5.74, 6) is 0.210. The molecular formula is C24H33N3O5S. The van der Waals surface area contributed by atoms with Crippen LogP contribution in [-0.2, 0) is 26.2 Å². The van der Waals surface area contributed by atoms with Gasteiger partial charge in [-0.2, -0.15) is 0 Å². The van der Waals surface area contributed by atoms with Crippen LogP contribution in [0.2, 0.25) is 0 Å². The summed E-state index contributed by atoms with van der Waals surface area (Å²) in [5, 5.41) is 2.58. The smallest absolute Gasteiger partial charge is 0.242 e. The minimum atomic E-state index is -3.51. The molecule has 0 radical (unpaired) electrons. The quantitative estimate of drug-likeness (QED) is 0.539. The van der Waals surface area contributed by atoms with Crippen LogP contribution in [0, 0.1) is 6.92 Å². The van der Waals surface area contributed by atoms with Gasteiger partial charge in [-0.15, -0.1) is 0 Å². The number of amides is 2. The highest BCUT2D eigenvalue weighted by Gasteiger charge is 2.26. The first kappa shape index (κ1) is 26.2. The molecule has 0 aliphatic rings. The molecule has 9 heteroatoms. The lowest BCUT2D eigenvalue weighted by atomic mass is 10.1. The van der Waals surface area contributed by atoms with Gasteiger partial charge >= 0.3 is 0 Å². The first-order valence-corrected chi connectivity index (χ1v) is 12.6. The number of anilines is 1. The van der Waals surface area contributed by atoms with Crippen molar-refractivity contribution in [2.24, 2.45) is 0 Å². The van der Waals surface area contributed by atoms with Gasteiger partial charge in [0, 0.05) is 26.6 Å². The average Bonchev–Trinajstić information content (AvgIpc) is 2.78. The number of methoxy groups -OCH3 is 1. The van der Waals surface area contributed by atoms with E-state index >= 15 is 0 Å². The molecule has 0 aromatic heterocycles. The van der Waals surface area contributed by atoms with Crippen molar-refractivity contribution in [2.45, 2.75) is 39.3 Å². The third-order valence-electron chi connectivity index (χ3n) is 5.37. The maximum absolute atomic E-state index is 13.1. The molecule has 0 saturated heterocycles. The number of ether oxygens (including phenoxy) is 1. The summed E-state index contributed by atoms with van der Waals surface area (Å²) in [5.41, 5.74) is 2.37. The van der Waals surface area contributed by atoms with Crippen LogP contribution in [0.5, 0.6) is 5.75 Å². The van der Waals surface area contributed by atoms with Gasteiger partial charge in [0.15, 0.2) is 0 Å². The number of nitrogens with zero attached hydrogens (tertiary/aromatic N) is 2. The zero-order chi connectivity index (χ0) is 24.6. The second-order valence-corrected chi connectivity index (χ2v) is 9.84. The lowest BCUT2D eigenvalue weighted by Crippen LogP contribution is -2.46. The van der Waals surface area contributed by atoms with Crippen molar-refractivity contribution in [2.75, 3.05) is 31.3 Å². The lowest BCUT2D eigenvalue weighted by molar-refractivity contribution is -0.140. The minimum absolute atomic E-state index is 0.106. The van der Waals surface area contributed by atoms with Gasteiger partial charge < -0.3 is 15.0 Å². The third kappa shape index (κ3) is 7.49. The minimum Gasteiger partial charge on any atom is -0.497 e. The largest absolute Gasteiger partial charge is 0.497 e. The third-order valence-corrected chi connectivity index (χ3v) is 6.56.